The molecule has 0 radical (unpaired) electrons. The smallest absolute Gasteiger partial charge is 0.376 e. The average Bonchev–Trinajstić information content (AvgIpc) is 2.90. The number of ether oxygens (including phenoxy) is 2. The van der Waals surface area contributed by atoms with E-state index < -0.39 is 5.97 Å². The number of aromatic nitrogens is 4. The molecule has 0 saturated carbocycles. The molecule has 7 heteroatoms. The third kappa shape index (κ3) is 2.17. The third-order valence-electron chi connectivity index (χ3n) is 3.18. The number of fused-ring (bicyclic) bond motifs is 1. The maximum Gasteiger partial charge on any atom is 0.376 e. The lowest BCUT2D eigenvalue weighted by atomic mass is 10.1. The zero-order chi connectivity index (χ0) is 13.2. The molecule has 2 aromatic heterocycles. The van der Waals surface area contributed by atoms with Crippen molar-refractivity contribution in [2.45, 2.75) is 18.9 Å². The lowest BCUT2D eigenvalue weighted by molar-refractivity contribution is 0.0560. The van der Waals surface area contributed by atoms with Gasteiger partial charge in [0.15, 0.2) is 5.65 Å². The summed E-state index contributed by atoms with van der Waals surface area (Å²) < 4.78 is 11.9. The molecule has 0 aliphatic carbocycles. The fourth-order valence-electron chi connectivity index (χ4n) is 2.21. The van der Waals surface area contributed by atoms with Crippen LogP contribution in [0, 0.1) is 0 Å². The van der Waals surface area contributed by atoms with Crippen molar-refractivity contribution in [3.05, 3.63) is 18.2 Å². The fourth-order valence-corrected chi connectivity index (χ4v) is 2.21. The van der Waals surface area contributed by atoms with Gasteiger partial charge >= 0.3 is 5.97 Å². The first-order valence-electron chi connectivity index (χ1n) is 6.16. The van der Waals surface area contributed by atoms with Gasteiger partial charge in [-0.3, -0.25) is 0 Å². The summed E-state index contributed by atoms with van der Waals surface area (Å²) in [7, 11) is 1.31. The molecule has 0 N–H and O–H groups in total. The van der Waals surface area contributed by atoms with Crippen LogP contribution >= 0.6 is 0 Å². The van der Waals surface area contributed by atoms with Crippen molar-refractivity contribution in [3.8, 4) is 0 Å². The van der Waals surface area contributed by atoms with Crippen molar-refractivity contribution >= 4 is 17.0 Å². The van der Waals surface area contributed by atoms with Crippen LogP contribution < -0.4 is 0 Å². The van der Waals surface area contributed by atoms with Gasteiger partial charge in [0.1, 0.15) is 0 Å². The molecular weight excluding hydrogens is 248 g/mol. The van der Waals surface area contributed by atoms with Gasteiger partial charge in [0, 0.05) is 12.8 Å². The minimum Gasteiger partial charge on any atom is -0.463 e. The van der Waals surface area contributed by atoms with Gasteiger partial charge in [0.05, 0.1) is 31.3 Å². The Morgan fingerprint density at radius 1 is 1.53 bits per heavy atom. The molecule has 1 aliphatic heterocycles. The highest BCUT2D eigenvalue weighted by molar-refractivity contribution is 5.87. The van der Waals surface area contributed by atoms with Gasteiger partial charge in [-0.25, -0.2) is 19.4 Å². The Morgan fingerprint density at radius 2 is 2.42 bits per heavy atom. The molecule has 0 aromatic carbocycles. The Morgan fingerprint density at radius 3 is 3.16 bits per heavy atom. The van der Waals surface area contributed by atoms with Crippen molar-refractivity contribution < 1.29 is 14.3 Å². The zero-order valence-electron chi connectivity index (χ0n) is 10.6. The molecule has 2 aromatic rings. The first-order chi connectivity index (χ1) is 9.29. The molecule has 0 bridgehead atoms. The molecule has 1 atom stereocenters. The second-order valence-corrected chi connectivity index (χ2v) is 4.42. The van der Waals surface area contributed by atoms with E-state index in [1.54, 1.807) is 12.4 Å². The second kappa shape index (κ2) is 4.93. The maximum atomic E-state index is 11.5. The molecule has 1 saturated heterocycles. The van der Waals surface area contributed by atoms with E-state index in [4.69, 9.17) is 4.74 Å². The molecule has 7 nitrogen and oxygen atoms in total. The number of hydrogen-bond acceptors (Lipinski definition) is 6. The van der Waals surface area contributed by atoms with Crippen LogP contribution in [0.4, 0.5) is 0 Å². The SMILES string of the molecule is COC(=O)c1ncc2cnn(C3CCCOC3)c2n1. The molecule has 100 valence electrons. The summed E-state index contributed by atoms with van der Waals surface area (Å²) in [6.07, 6.45) is 5.28. The lowest BCUT2D eigenvalue weighted by Gasteiger charge is -2.22. The van der Waals surface area contributed by atoms with Crippen molar-refractivity contribution in [2.24, 2.45) is 0 Å². The van der Waals surface area contributed by atoms with E-state index in [1.807, 2.05) is 4.68 Å². The summed E-state index contributed by atoms with van der Waals surface area (Å²) in [5.41, 5.74) is 0.644. The molecule has 3 heterocycles. The van der Waals surface area contributed by atoms with Crippen LogP contribution in [0.25, 0.3) is 11.0 Å². The van der Waals surface area contributed by atoms with E-state index in [9.17, 15) is 4.79 Å². The molecule has 0 spiro atoms. The first-order valence-corrected chi connectivity index (χ1v) is 6.16. The number of carbonyl (C=O) groups excluding carboxylic acids is 1. The summed E-state index contributed by atoms with van der Waals surface area (Å²) in [6, 6.07) is 0.159. The normalized spacial score (nSPS) is 19.5. The fraction of sp³-hybridized carbons (Fsp3) is 0.500. The number of hydrogen-bond donors (Lipinski definition) is 0. The third-order valence-corrected chi connectivity index (χ3v) is 3.18. The van der Waals surface area contributed by atoms with E-state index in [-0.39, 0.29) is 11.9 Å². The molecular formula is C12H14N4O3. The minimum atomic E-state index is -0.547. The molecule has 1 aliphatic rings. The minimum absolute atomic E-state index is 0.0495. The van der Waals surface area contributed by atoms with Gasteiger partial charge in [-0.2, -0.15) is 5.10 Å². The number of methoxy groups -OCH3 is 1. The predicted molar refractivity (Wildman–Crippen MR) is 65.8 cm³/mol. The number of carbonyl (C=O) groups is 1. The Bertz CT molecular complexity index is 604. The Hall–Kier alpha value is -2.02. The Balaban J connectivity index is 2.02. The van der Waals surface area contributed by atoms with Crippen LogP contribution in [-0.2, 0) is 9.47 Å². The summed E-state index contributed by atoms with van der Waals surface area (Å²) in [4.78, 5) is 19.7. The maximum absolute atomic E-state index is 11.5. The van der Waals surface area contributed by atoms with E-state index in [2.05, 4.69) is 19.8 Å². The molecule has 0 amide bonds. The van der Waals surface area contributed by atoms with Crippen LogP contribution in [0.3, 0.4) is 0 Å². The molecule has 19 heavy (non-hydrogen) atoms. The topological polar surface area (TPSA) is 79.1 Å². The van der Waals surface area contributed by atoms with Gasteiger partial charge in [0.2, 0.25) is 5.82 Å². The monoisotopic (exact) mass is 262 g/mol. The molecule has 1 unspecified atom stereocenters. The van der Waals surface area contributed by atoms with Crippen molar-refractivity contribution in [1.29, 1.82) is 0 Å². The Kier molecular flexibility index (Phi) is 3.12. The van der Waals surface area contributed by atoms with Gasteiger partial charge in [0.25, 0.3) is 0 Å². The standard InChI is InChI=1S/C12H14N4O3/c1-18-12(17)10-13-5-8-6-14-16(11(8)15-10)9-3-2-4-19-7-9/h5-6,9H,2-4,7H2,1H3. The molecule has 3 rings (SSSR count). The lowest BCUT2D eigenvalue weighted by Crippen LogP contribution is -2.22. The summed E-state index contributed by atoms with van der Waals surface area (Å²) in [5, 5.41) is 5.13. The predicted octanol–water partition coefficient (Wildman–Crippen LogP) is 0.964. The van der Waals surface area contributed by atoms with E-state index in [1.165, 1.54) is 7.11 Å². The summed E-state index contributed by atoms with van der Waals surface area (Å²) >= 11 is 0. The second-order valence-electron chi connectivity index (χ2n) is 4.42. The van der Waals surface area contributed by atoms with Crippen LogP contribution in [0.2, 0.25) is 0 Å². The van der Waals surface area contributed by atoms with Crippen LogP contribution in [-0.4, -0.2) is 46.0 Å². The van der Waals surface area contributed by atoms with Gasteiger partial charge < -0.3 is 9.47 Å². The Labute approximate surface area is 109 Å². The van der Waals surface area contributed by atoms with Crippen LogP contribution in [0.1, 0.15) is 29.5 Å². The number of esters is 1. The van der Waals surface area contributed by atoms with E-state index in [0.717, 1.165) is 24.8 Å². The van der Waals surface area contributed by atoms with Crippen LogP contribution in [0.5, 0.6) is 0 Å². The quantitative estimate of drug-likeness (QED) is 0.750. The highest BCUT2D eigenvalue weighted by Crippen LogP contribution is 2.22. The van der Waals surface area contributed by atoms with Gasteiger partial charge in [-0.15, -0.1) is 0 Å². The number of rotatable bonds is 2. The highest BCUT2D eigenvalue weighted by Gasteiger charge is 2.20. The zero-order valence-corrected chi connectivity index (χ0v) is 10.6. The summed E-state index contributed by atoms with van der Waals surface area (Å²) in [6.45, 7) is 1.41. The molecule has 1 fully saturated rings. The summed E-state index contributed by atoms with van der Waals surface area (Å²) in [5.74, 6) is -0.497. The van der Waals surface area contributed by atoms with Gasteiger partial charge in [-0.05, 0) is 12.8 Å². The van der Waals surface area contributed by atoms with Crippen LogP contribution in [0.15, 0.2) is 12.4 Å². The van der Waals surface area contributed by atoms with Crippen molar-refractivity contribution in [2.75, 3.05) is 20.3 Å². The van der Waals surface area contributed by atoms with E-state index >= 15 is 0 Å². The average molecular weight is 262 g/mol. The highest BCUT2D eigenvalue weighted by atomic mass is 16.5. The van der Waals surface area contributed by atoms with E-state index in [0.29, 0.717) is 12.3 Å². The van der Waals surface area contributed by atoms with Crippen molar-refractivity contribution in [3.63, 3.8) is 0 Å². The largest absolute Gasteiger partial charge is 0.463 e. The number of nitrogens with zero attached hydrogens (tertiary/aromatic N) is 4. The van der Waals surface area contributed by atoms with Crippen molar-refractivity contribution in [1.82, 2.24) is 19.7 Å². The van der Waals surface area contributed by atoms with Gasteiger partial charge in [-0.1, -0.05) is 0 Å². The first kappa shape index (κ1) is 12.0.